The molecule has 2 amide bonds. The van der Waals surface area contributed by atoms with Gasteiger partial charge in [0.15, 0.2) is 0 Å². The Morgan fingerprint density at radius 1 is 0.979 bits per heavy atom. The Balaban J connectivity index is 1.70. The van der Waals surface area contributed by atoms with E-state index in [1.54, 1.807) is 55.5 Å². The van der Waals surface area contributed by atoms with Crippen LogP contribution in [-0.4, -0.2) is 61.5 Å². The number of benzene rings is 3. The van der Waals surface area contributed by atoms with Crippen LogP contribution >= 0.6 is 23.2 Å². The second kappa shape index (κ2) is 12.9. The fourth-order valence-electron chi connectivity index (χ4n) is 6.31. The molecule has 0 unspecified atom stereocenters. The van der Waals surface area contributed by atoms with Crippen molar-refractivity contribution in [2.45, 2.75) is 56.9 Å². The van der Waals surface area contributed by atoms with E-state index < -0.39 is 38.9 Å². The summed E-state index contributed by atoms with van der Waals surface area (Å²) in [6.07, 6.45) is -2.74. The summed E-state index contributed by atoms with van der Waals surface area (Å²) in [6.45, 7) is 5.88. The fraction of sp³-hybridized carbons (Fsp3) is 0.394. The van der Waals surface area contributed by atoms with Crippen molar-refractivity contribution in [3.8, 4) is 5.75 Å². The summed E-state index contributed by atoms with van der Waals surface area (Å²) in [5.74, 6) is 0.0160. The second-order valence-corrected chi connectivity index (χ2v) is 14.8. The molecule has 1 fully saturated rings. The first-order valence-corrected chi connectivity index (χ1v) is 17.6. The summed E-state index contributed by atoms with van der Waals surface area (Å²) in [5, 5.41) is 4.03. The molecule has 0 aliphatic carbocycles. The van der Waals surface area contributed by atoms with Gasteiger partial charge in [0.1, 0.15) is 22.7 Å². The molecule has 0 spiro atoms. The molecule has 1 N–H and O–H groups in total. The summed E-state index contributed by atoms with van der Waals surface area (Å²) in [6, 6.07) is 16.2. The molecule has 2 aliphatic heterocycles. The number of alkyl halides is 3. The van der Waals surface area contributed by atoms with Crippen molar-refractivity contribution in [1.82, 2.24) is 14.5 Å². The summed E-state index contributed by atoms with van der Waals surface area (Å²) >= 11 is 12.5. The topological polar surface area (TPSA) is 91.3 Å². The van der Waals surface area contributed by atoms with Crippen LogP contribution in [0.3, 0.4) is 0 Å². The number of amides is 2. The molecule has 252 valence electrons. The van der Waals surface area contributed by atoms with Crippen LogP contribution in [0.25, 0.3) is 0 Å². The number of ether oxygens (including phenoxy) is 1. The number of halogens is 5. The first-order chi connectivity index (χ1) is 22.0. The monoisotopic (exact) mass is 710 g/mol. The van der Waals surface area contributed by atoms with E-state index in [0.717, 1.165) is 18.4 Å². The number of nitrogens with zero attached hydrogens (tertiary/aromatic N) is 3. The van der Waals surface area contributed by atoms with Gasteiger partial charge in [0, 0.05) is 29.2 Å². The maximum atomic E-state index is 14.6. The van der Waals surface area contributed by atoms with Gasteiger partial charge in [-0.25, -0.2) is 17.5 Å². The van der Waals surface area contributed by atoms with E-state index in [1.807, 2.05) is 13.8 Å². The van der Waals surface area contributed by atoms with Gasteiger partial charge in [0.25, 0.3) is 0 Å². The zero-order chi connectivity index (χ0) is 34.4. The molecule has 8 nitrogen and oxygen atoms in total. The quantitative estimate of drug-likeness (QED) is 0.276. The van der Waals surface area contributed by atoms with Gasteiger partial charge < -0.3 is 10.1 Å². The van der Waals surface area contributed by atoms with Gasteiger partial charge in [-0.05, 0) is 87.2 Å². The van der Waals surface area contributed by atoms with E-state index >= 15 is 0 Å². The van der Waals surface area contributed by atoms with Crippen molar-refractivity contribution in [2.24, 2.45) is 4.99 Å². The van der Waals surface area contributed by atoms with Gasteiger partial charge in [-0.1, -0.05) is 47.5 Å². The van der Waals surface area contributed by atoms with Gasteiger partial charge in [-0.3, -0.25) is 9.89 Å². The number of carbonyl (C=O) groups is 1. The van der Waals surface area contributed by atoms with E-state index in [4.69, 9.17) is 32.9 Å². The molecule has 0 aromatic heterocycles. The van der Waals surface area contributed by atoms with Gasteiger partial charge >= 0.3 is 12.2 Å². The lowest BCUT2D eigenvalue weighted by molar-refractivity contribution is -0.137. The Labute approximate surface area is 282 Å². The molecule has 3 aromatic carbocycles. The second-order valence-electron chi connectivity index (χ2n) is 12.0. The van der Waals surface area contributed by atoms with E-state index in [1.165, 1.54) is 15.3 Å². The molecule has 2 atom stereocenters. The van der Waals surface area contributed by atoms with Crippen LogP contribution in [0.15, 0.2) is 71.7 Å². The van der Waals surface area contributed by atoms with Gasteiger partial charge in [-0.15, -0.1) is 0 Å². The number of aliphatic imine (C=N–C) groups is 1. The lowest BCUT2D eigenvalue weighted by atomic mass is 9.71. The number of hydrogen-bond acceptors (Lipinski definition) is 5. The van der Waals surface area contributed by atoms with E-state index in [9.17, 15) is 26.4 Å². The molecule has 0 radical (unpaired) electrons. The Morgan fingerprint density at radius 2 is 1.53 bits per heavy atom. The van der Waals surface area contributed by atoms with Crippen molar-refractivity contribution < 1.29 is 31.1 Å². The van der Waals surface area contributed by atoms with Gasteiger partial charge in [-0.2, -0.15) is 13.2 Å². The first-order valence-electron chi connectivity index (χ1n) is 15.0. The molecule has 0 bridgehead atoms. The molecule has 3 aromatic rings. The maximum Gasteiger partial charge on any atom is 0.416 e. The van der Waals surface area contributed by atoms with Crippen molar-refractivity contribution in [1.29, 1.82) is 0 Å². The zero-order valence-corrected chi connectivity index (χ0v) is 28.6. The number of nitrogens with one attached hydrogen (secondary N) is 1. The Morgan fingerprint density at radius 3 is 2.04 bits per heavy atom. The first kappa shape index (κ1) is 35.0. The molecule has 14 heteroatoms. The number of amidine groups is 1. The molecular formula is C33H35Cl2F3N4O4S. The average Bonchev–Trinajstić information content (AvgIpc) is 3.25. The molecule has 47 heavy (non-hydrogen) atoms. The SMILES string of the molecule is CCOc1cc(C(F)(F)F)ccc1C1=N[C@@](C)(c2ccc(Cl)cc2)[C@](C)(c2ccc(Cl)cc2)N1C(=O)NC1CCN(S(C)(=O)=O)CC1. The number of hydrogen-bond donors (Lipinski definition) is 1. The number of rotatable bonds is 7. The standard InChI is InChI=1S/C33H35Cl2F3N4O4S/c1-5-46-28-20-23(33(36,37)38)10-15-27(28)29-40-31(2,21-6-11-24(34)12-7-21)32(3,22-8-13-25(35)14-9-22)42(29)30(43)39-26-16-18-41(19-17-26)47(4,44)45/h6-15,20,26H,5,16-19H2,1-4H3,(H,39,43)/t31-,32-/m0/s1. The van der Waals surface area contributed by atoms with Crippen LogP contribution in [0.2, 0.25) is 10.0 Å². The Kier molecular flexibility index (Phi) is 9.64. The van der Waals surface area contributed by atoms with E-state index in [2.05, 4.69) is 5.32 Å². The minimum atomic E-state index is -4.63. The van der Waals surface area contributed by atoms with E-state index in [-0.39, 0.29) is 42.9 Å². The number of piperidine rings is 1. The molecule has 1 saturated heterocycles. The molecule has 0 saturated carbocycles. The highest BCUT2D eigenvalue weighted by Crippen LogP contribution is 2.54. The predicted octanol–water partition coefficient (Wildman–Crippen LogP) is 7.44. The highest BCUT2D eigenvalue weighted by Gasteiger charge is 2.60. The van der Waals surface area contributed by atoms with Gasteiger partial charge in [0.05, 0.1) is 24.0 Å². The molecule has 5 rings (SSSR count). The third-order valence-electron chi connectivity index (χ3n) is 9.05. The lowest BCUT2D eigenvalue weighted by Gasteiger charge is -2.46. The third-order valence-corrected chi connectivity index (χ3v) is 10.9. The van der Waals surface area contributed by atoms with Crippen molar-refractivity contribution in [3.05, 3.63) is 99.0 Å². The van der Waals surface area contributed by atoms with Crippen molar-refractivity contribution >= 4 is 45.1 Å². The fourth-order valence-corrected chi connectivity index (χ4v) is 7.44. The minimum absolute atomic E-state index is 0.0651. The maximum absolute atomic E-state index is 14.6. The summed E-state index contributed by atoms with van der Waals surface area (Å²) in [5.41, 5.74) is -1.84. The van der Waals surface area contributed by atoms with Crippen molar-refractivity contribution in [2.75, 3.05) is 26.0 Å². The molecule has 2 heterocycles. The number of urea groups is 1. The summed E-state index contributed by atoms with van der Waals surface area (Å²) in [4.78, 5) is 21.3. The molecular weight excluding hydrogens is 676 g/mol. The van der Waals surface area contributed by atoms with Crippen molar-refractivity contribution in [3.63, 3.8) is 0 Å². The van der Waals surface area contributed by atoms with E-state index in [0.29, 0.717) is 34.0 Å². The largest absolute Gasteiger partial charge is 0.493 e. The van der Waals surface area contributed by atoms with Crippen LogP contribution < -0.4 is 10.1 Å². The minimum Gasteiger partial charge on any atom is -0.493 e. The van der Waals surface area contributed by atoms with Gasteiger partial charge in [0.2, 0.25) is 10.0 Å². The van der Waals surface area contributed by atoms with Crippen LogP contribution in [-0.2, 0) is 27.3 Å². The Bertz CT molecular complexity index is 1780. The zero-order valence-electron chi connectivity index (χ0n) is 26.2. The third kappa shape index (κ3) is 6.70. The summed E-state index contributed by atoms with van der Waals surface area (Å²) < 4.78 is 72.8. The normalized spacial score (nSPS) is 22.7. The predicted molar refractivity (Wildman–Crippen MR) is 177 cm³/mol. The van der Waals surface area contributed by atoms with Crippen LogP contribution in [0.5, 0.6) is 5.75 Å². The number of sulfonamides is 1. The number of carbonyl (C=O) groups excluding carboxylic acids is 1. The average molecular weight is 712 g/mol. The van der Waals surface area contributed by atoms with Crippen LogP contribution in [0.1, 0.15) is 55.9 Å². The summed E-state index contributed by atoms with van der Waals surface area (Å²) in [7, 11) is -3.39. The highest BCUT2D eigenvalue weighted by molar-refractivity contribution is 7.88. The Hall–Kier alpha value is -3.32. The van der Waals surface area contributed by atoms with Crippen LogP contribution in [0.4, 0.5) is 18.0 Å². The van der Waals surface area contributed by atoms with Crippen LogP contribution in [0, 0.1) is 0 Å². The smallest absolute Gasteiger partial charge is 0.416 e. The molecule has 2 aliphatic rings. The lowest BCUT2D eigenvalue weighted by Crippen LogP contribution is -2.59. The highest BCUT2D eigenvalue weighted by atomic mass is 35.5.